The summed E-state index contributed by atoms with van der Waals surface area (Å²) in [5.74, 6) is 0.691. The van der Waals surface area contributed by atoms with Crippen molar-refractivity contribution in [1.82, 2.24) is 20.4 Å². The van der Waals surface area contributed by atoms with Gasteiger partial charge in [-0.2, -0.15) is 5.10 Å². The molecule has 6 nitrogen and oxygen atoms in total. The second kappa shape index (κ2) is 6.38. The molecule has 0 aromatic carbocycles. The van der Waals surface area contributed by atoms with Gasteiger partial charge in [0.25, 0.3) is 0 Å². The summed E-state index contributed by atoms with van der Waals surface area (Å²) in [6.07, 6.45) is 3.55. The van der Waals surface area contributed by atoms with Gasteiger partial charge in [0.15, 0.2) is 0 Å². The minimum Gasteiger partial charge on any atom is -0.467 e. The summed E-state index contributed by atoms with van der Waals surface area (Å²) in [7, 11) is 1.88. The largest absolute Gasteiger partial charge is 0.467 e. The molecule has 1 unspecified atom stereocenters. The number of carbonyl (C=O) groups excluding carboxylic acids is 1. The number of furan rings is 1. The summed E-state index contributed by atoms with van der Waals surface area (Å²) >= 11 is 0. The molecule has 0 spiro atoms. The Bertz CT molecular complexity index is 560. The monoisotopic (exact) mass is 276 g/mol. The standard InChI is InChI=1S/C14H20N4O2/c1-10-12(9-18(3)17-10)7-15-11(2)14(19)16-8-13-5-4-6-20-13/h4-6,9,11,15H,7-8H2,1-3H3,(H,16,19). The van der Waals surface area contributed by atoms with Crippen molar-refractivity contribution in [2.24, 2.45) is 7.05 Å². The Kier molecular flexibility index (Phi) is 4.57. The second-order valence-corrected chi connectivity index (χ2v) is 4.81. The van der Waals surface area contributed by atoms with E-state index in [-0.39, 0.29) is 11.9 Å². The van der Waals surface area contributed by atoms with E-state index in [1.54, 1.807) is 17.0 Å². The Morgan fingerprint density at radius 2 is 2.30 bits per heavy atom. The lowest BCUT2D eigenvalue weighted by Gasteiger charge is -2.13. The van der Waals surface area contributed by atoms with Crippen LogP contribution >= 0.6 is 0 Å². The highest BCUT2D eigenvalue weighted by Gasteiger charge is 2.13. The fourth-order valence-corrected chi connectivity index (χ4v) is 1.92. The lowest BCUT2D eigenvalue weighted by Crippen LogP contribution is -2.41. The summed E-state index contributed by atoms with van der Waals surface area (Å²) in [5.41, 5.74) is 2.07. The van der Waals surface area contributed by atoms with Gasteiger partial charge >= 0.3 is 0 Å². The summed E-state index contributed by atoms with van der Waals surface area (Å²) < 4.78 is 6.94. The maximum absolute atomic E-state index is 11.9. The summed E-state index contributed by atoms with van der Waals surface area (Å²) in [6, 6.07) is 3.36. The van der Waals surface area contributed by atoms with Gasteiger partial charge in [0.05, 0.1) is 24.5 Å². The zero-order valence-corrected chi connectivity index (χ0v) is 12.0. The molecule has 2 rings (SSSR count). The Morgan fingerprint density at radius 3 is 2.90 bits per heavy atom. The van der Waals surface area contributed by atoms with E-state index in [0.717, 1.165) is 17.0 Å². The highest BCUT2D eigenvalue weighted by Crippen LogP contribution is 2.04. The van der Waals surface area contributed by atoms with Crippen molar-refractivity contribution >= 4 is 5.91 Å². The van der Waals surface area contributed by atoms with E-state index in [1.165, 1.54) is 0 Å². The van der Waals surface area contributed by atoms with E-state index in [1.807, 2.05) is 33.2 Å². The van der Waals surface area contributed by atoms with Crippen molar-refractivity contribution in [2.75, 3.05) is 0 Å². The molecule has 1 atom stereocenters. The van der Waals surface area contributed by atoms with Crippen LogP contribution in [0.5, 0.6) is 0 Å². The van der Waals surface area contributed by atoms with E-state index < -0.39 is 0 Å². The lowest BCUT2D eigenvalue weighted by atomic mass is 10.2. The fraction of sp³-hybridized carbons (Fsp3) is 0.429. The molecule has 6 heteroatoms. The molecule has 20 heavy (non-hydrogen) atoms. The zero-order valence-electron chi connectivity index (χ0n) is 12.0. The second-order valence-electron chi connectivity index (χ2n) is 4.81. The summed E-state index contributed by atoms with van der Waals surface area (Å²) in [4.78, 5) is 11.9. The van der Waals surface area contributed by atoms with Crippen molar-refractivity contribution in [1.29, 1.82) is 0 Å². The van der Waals surface area contributed by atoms with E-state index in [4.69, 9.17) is 4.42 Å². The number of hydrogen-bond donors (Lipinski definition) is 2. The molecule has 0 saturated heterocycles. The third-order valence-corrected chi connectivity index (χ3v) is 3.12. The number of aryl methyl sites for hydroxylation is 2. The highest BCUT2D eigenvalue weighted by molar-refractivity contribution is 5.81. The molecule has 2 N–H and O–H groups in total. The van der Waals surface area contributed by atoms with E-state index in [2.05, 4.69) is 15.7 Å². The van der Waals surface area contributed by atoms with Crippen LogP contribution in [-0.4, -0.2) is 21.7 Å². The van der Waals surface area contributed by atoms with Crippen molar-refractivity contribution < 1.29 is 9.21 Å². The number of aromatic nitrogens is 2. The molecule has 0 aliphatic heterocycles. The van der Waals surface area contributed by atoms with Gasteiger partial charge in [-0.3, -0.25) is 9.48 Å². The third-order valence-electron chi connectivity index (χ3n) is 3.12. The number of nitrogens with zero attached hydrogens (tertiary/aromatic N) is 2. The van der Waals surface area contributed by atoms with Crippen molar-refractivity contribution in [3.8, 4) is 0 Å². The third kappa shape index (κ3) is 3.71. The van der Waals surface area contributed by atoms with Crippen LogP contribution in [-0.2, 0) is 24.9 Å². The number of nitrogens with one attached hydrogen (secondary N) is 2. The summed E-state index contributed by atoms with van der Waals surface area (Å²) in [6.45, 7) is 4.82. The predicted octanol–water partition coefficient (Wildman–Crippen LogP) is 1.12. The molecule has 2 aromatic rings. The maximum atomic E-state index is 11.9. The van der Waals surface area contributed by atoms with Crippen molar-refractivity contribution in [2.45, 2.75) is 33.0 Å². The first-order chi connectivity index (χ1) is 9.56. The molecule has 2 aromatic heterocycles. The maximum Gasteiger partial charge on any atom is 0.237 e. The van der Waals surface area contributed by atoms with Crippen LogP contribution in [0.15, 0.2) is 29.0 Å². The molecular weight excluding hydrogens is 256 g/mol. The van der Waals surface area contributed by atoms with Crippen LogP contribution in [0, 0.1) is 6.92 Å². The molecule has 0 radical (unpaired) electrons. The summed E-state index contributed by atoms with van der Waals surface area (Å²) in [5, 5.41) is 10.3. The van der Waals surface area contributed by atoms with Crippen LogP contribution < -0.4 is 10.6 Å². The molecule has 0 aliphatic carbocycles. The zero-order chi connectivity index (χ0) is 14.5. The average molecular weight is 276 g/mol. The van der Waals surface area contributed by atoms with Crippen LogP contribution in [0.4, 0.5) is 0 Å². The van der Waals surface area contributed by atoms with Gasteiger partial charge in [-0.1, -0.05) is 0 Å². The van der Waals surface area contributed by atoms with Gasteiger partial charge in [-0.25, -0.2) is 0 Å². The molecule has 1 amide bonds. The van der Waals surface area contributed by atoms with Gasteiger partial charge in [0.1, 0.15) is 5.76 Å². The Morgan fingerprint density at radius 1 is 1.50 bits per heavy atom. The first-order valence-corrected chi connectivity index (χ1v) is 6.59. The first-order valence-electron chi connectivity index (χ1n) is 6.59. The van der Waals surface area contributed by atoms with Gasteiger partial charge in [0.2, 0.25) is 5.91 Å². The molecule has 108 valence electrons. The Balaban J connectivity index is 1.77. The smallest absolute Gasteiger partial charge is 0.237 e. The molecule has 2 heterocycles. The first kappa shape index (κ1) is 14.3. The lowest BCUT2D eigenvalue weighted by molar-refractivity contribution is -0.123. The number of carbonyl (C=O) groups is 1. The average Bonchev–Trinajstić information content (AvgIpc) is 3.03. The molecule has 0 bridgehead atoms. The SMILES string of the molecule is Cc1nn(C)cc1CNC(C)C(=O)NCc1ccco1. The highest BCUT2D eigenvalue weighted by atomic mass is 16.3. The normalized spacial score (nSPS) is 12.3. The Labute approximate surface area is 118 Å². The Hall–Kier alpha value is -2.08. The molecular formula is C14H20N4O2. The van der Waals surface area contributed by atoms with Crippen molar-refractivity contribution in [3.63, 3.8) is 0 Å². The van der Waals surface area contributed by atoms with Crippen LogP contribution in [0.3, 0.4) is 0 Å². The van der Waals surface area contributed by atoms with E-state index in [0.29, 0.717) is 13.1 Å². The molecule has 0 fully saturated rings. The minimum absolute atomic E-state index is 0.0528. The number of rotatable bonds is 6. The predicted molar refractivity (Wildman–Crippen MR) is 74.8 cm³/mol. The van der Waals surface area contributed by atoms with Gasteiger partial charge in [0, 0.05) is 25.4 Å². The number of amides is 1. The molecule has 0 aliphatic rings. The quantitative estimate of drug-likeness (QED) is 0.829. The van der Waals surface area contributed by atoms with Crippen LogP contribution in [0.25, 0.3) is 0 Å². The van der Waals surface area contributed by atoms with Gasteiger partial charge < -0.3 is 15.1 Å². The van der Waals surface area contributed by atoms with Crippen molar-refractivity contribution in [3.05, 3.63) is 41.6 Å². The topological polar surface area (TPSA) is 72.1 Å². The van der Waals surface area contributed by atoms with Crippen LogP contribution in [0.2, 0.25) is 0 Å². The molecule has 0 saturated carbocycles. The fourth-order valence-electron chi connectivity index (χ4n) is 1.92. The number of hydrogen-bond acceptors (Lipinski definition) is 4. The van der Waals surface area contributed by atoms with Gasteiger partial charge in [-0.15, -0.1) is 0 Å². The van der Waals surface area contributed by atoms with Crippen LogP contribution in [0.1, 0.15) is 23.9 Å². The van der Waals surface area contributed by atoms with E-state index >= 15 is 0 Å². The minimum atomic E-state index is -0.274. The van der Waals surface area contributed by atoms with Gasteiger partial charge in [-0.05, 0) is 26.0 Å². The van der Waals surface area contributed by atoms with E-state index in [9.17, 15) is 4.79 Å².